The van der Waals surface area contributed by atoms with E-state index >= 15 is 0 Å². The van der Waals surface area contributed by atoms with E-state index < -0.39 is 0 Å². The second-order valence-electron chi connectivity index (χ2n) is 10.0. The van der Waals surface area contributed by atoms with Crippen LogP contribution in [-0.2, 0) is 6.54 Å². The van der Waals surface area contributed by atoms with Crippen molar-refractivity contribution in [1.82, 2.24) is 29.2 Å². The molecule has 34 heavy (non-hydrogen) atoms. The number of pyridine rings is 1. The summed E-state index contributed by atoms with van der Waals surface area (Å²) >= 11 is 0. The van der Waals surface area contributed by atoms with E-state index in [0.29, 0.717) is 11.8 Å². The van der Waals surface area contributed by atoms with Gasteiger partial charge in [0.2, 0.25) is 0 Å². The van der Waals surface area contributed by atoms with Gasteiger partial charge >= 0.3 is 0 Å². The van der Waals surface area contributed by atoms with Gasteiger partial charge in [0, 0.05) is 47.8 Å². The molecule has 0 saturated carbocycles. The van der Waals surface area contributed by atoms with E-state index in [1.807, 2.05) is 25.5 Å². The number of imidazole rings is 2. The topological polar surface area (TPSA) is 65.0 Å². The number of nitrogens with zero attached hydrogens (tertiary/aromatic N) is 4. The van der Waals surface area contributed by atoms with Crippen LogP contribution in [0.4, 0.5) is 0 Å². The summed E-state index contributed by atoms with van der Waals surface area (Å²) in [5, 5.41) is 1.36. The molecule has 4 aromatic heterocycles. The fourth-order valence-electron chi connectivity index (χ4n) is 5.58. The van der Waals surface area contributed by atoms with Crippen LogP contribution in [0.3, 0.4) is 0 Å². The Morgan fingerprint density at radius 1 is 1.12 bits per heavy atom. The smallest absolute Gasteiger partial charge is 0.136 e. The van der Waals surface area contributed by atoms with Crippen LogP contribution in [0.2, 0.25) is 0 Å². The highest BCUT2D eigenvalue weighted by atomic mass is 15.1. The van der Waals surface area contributed by atoms with Crippen molar-refractivity contribution < 1.29 is 0 Å². The number of rotatable bonds is 5. The number of hydrogen-bond acceptors (Lipinski definition) is 3. The molecule has 0 aliphatic carbocycles. The van der Waals surface area contributed by atoms with E-state index in [1.165, 1.54) is 46.1 Å². The van der Waals surface area contributed by atoms with Gasteiger partial charge in [0.25, 0.3) is 0 Å². The SMILES string of the molecule is Cc1nc(CN2CCC(c3ccc4[nH]c(-c5ccc6nccn6c5)c(C(C)C)c4c3)CC2)c[nH]1. The zero-order valence-corrected chi connectivity index (χ0v) is 20.2. The van der Waals surface area contributed by atoms with Gasteiger partial charge in [-0.25, -0.2) is 9.97 Å². The van der Waals surface area contributed by atoms with Gasteiger partial charge < -0.3 is 14.4 Å². The van der Waals surface area contributed by atoms with E-state index in [-0.39, 0.29) is 0 Å². The highest BCUT2D eigenvalue weighted by Crippen LogP contribution is 2.38. The third-order valence-corrected chi connectivity index (χ3v) is 7.32. The quantitative estimate of drug-likeness (QED) is 0.343. The maximum atomic E-state index is 4.58. The Morgan fingerprint density at radius 3 is 2.74 bits per heavy atom. The normalized spacial score (nSPS) is 15.8. The molecule has 0 bridgehead atoms. The first-order valence-corrected chi connectivity index (χ1v) is 12.4. The van der Waals surface area contributed by atoms with Crippen molar-refractivity contribution in [3.8, 4) is 11.3 Å². The highest BCUT2D eigenvalue weighted by Gasteiger charge is 2.23. The number of benzene rings is 1. The number of H-pyrrole nitrogens is 2. The molecule has 1 fully saturated rings. The van der Waals surface area contributed by atoms with E-state index in [4.69, 9.17) is 0 Å². The lowest BCUT2D eigenvalue weighted by Gasteiger charge is -2.31. The zero-order chi connectivity index (χ0) is 23.2. The number of aromatic nitrogens is 5. The van der Waals surface area contributed by atoms with Crippen LogP contribution in [0.25, 0.3) is 27.8 Å². The number of nitrogens with one attached hydrogen (secondary N) is 2. The van der Waals surface area contributed by atoms with E-state index in [0.717, 1.165) is 36.8 Å². The molecule has 0 amide bonds. The van der Waals surface area contributed by atoms with Gasteiger partial charge in [0.1, 0.15) is 11.5 Å². The summed E-state index contributed by atoms with van der Waals surface area (Å²) in [6.45, 7) is 9.78. The Hall–Kier alpha value is -3.38. The Bertz CT molecular complexity index is 1440. The molecule has 5 aromatic rings. The van der Waals surface area contributed by atoms with Crippen molar-refractivity contribution in [3.05, 3.63) is 77.8 Å². The molecule has 1 aliphatic rings. The molecule has 6 heteroatoms. The van der Waals surface area contributed by atoms with Crippen LogP contribution >= 0.6 is 0 Å². The minimum Gasteiger partial charge on any atom is -0.354 e. The second-order valence-corrected chi connectivity index (χ2v) is 10.0. The molecule has 174 valence electrons. The molecular formula is C28H32N6. The van der Waals surface area contributed by atoms with Crippen LogP contribution in [0.5, 0.6) is 0 Å². The van der Waals surface area contributed by atoms with Crippen molar-refractivity contribution in [2.45, 2.75) is 52.0 Å². The van der Waals surface area contributed by atoms with Crippen LogP contribution in [0.1, 0.15) is 61.2 Å². The molecule has 1 aliphatic heterocycles. The van der Waals surface area contributed by atoms with E-state index in [1.54, 1.807) is 0 Å². The first-order valence-electron chi connectivity index (χ1n) is 12.4. The number of hydrogen-bond donors (Lipinski definition) is 2. The minimum atomic E-state index is 0.427. The summed E-state index contributed by atoms with van der Waals surface area (Å²) in [4.78, 5) is 18.4. The van der Waals surface area contributed by atoms with Gasteiger partial charge in [-0.1, -0.05) is 19.9 Å². The van der Waals surface area contributed by atoms with Gasteiger partial charge in [0.15, 0.2) is 0 Å². The molecule has 0 radical (unpaired) electrons. The molecule has 1 saturated heterocycles. The average molecular weight is 453 g/mol. The number of aryl methyl sites for hydroxylation is 1. The van der Waals surface area contributed by atoms with Crippen LogP contribution in [-0.4, -0.2) is 42.3 Å². The Balaban J connectivity index is 1.27. The lowest BCUT2D eigenvalue weighted by atomic mass is 9.87. The maximum absolute atomic E-state index is 4.58. The first kappa shape index (κ1) is 21.2. The van der Waals surface area contributed by atoms with Crippen LogP contribution in [0, 0.1) is 6.92 Å². The number of fused-ring (bicyclic) bond motifs is 2. The summed E-state index contributed by atoms with van der Waals surface area (Å²) < 4.78 is 2.09. The lowest BCUT2D eigenvalue weighted by Crippen LogP contribution is -2.32. The maximum Gasteiger partial charge on any atom is 0.136 e. The van der Waals surface area contributed by atoms with Gasteiger partial charge in [-0.3, -0.25) is 4.90 Å². The molecule has 0 spiro atoms. The van der Waals surface area contributed by atoms with E-state index in [2.05, 4.69) is 79.6 Å². The fraction of sp³-hybridized carbons (Fsp3) is 0.357. The van der Waals surface area contributed by atoms with E-state index in [9.17, 15) is 0 Å². The van der Waals surface area contributed by atoms with Crippen LogP contribution < -0.4 is 0 Å². The number of aromatic amines is 2. The van der Waals surface area contributed by atoms with Crippen molar-refractivity contribution in [1.29, 1.82) is 0 Å². The molecule has 5 heterocycles. The third kappa shape index (κ3) is 3.82. The van der Waals surface area contributed by atoms with Gasteiger partial charge in [-0.05, 0) is 80.1 Å². The van der Waals surface area contributed by atoms with Crippen molar-refractivity contribution in [3.63, 3.8) is 0 Å². The van der Waals surface area contributed by atoms with Crippen molar-refractivity contribution >= 4 is 16.6 Å². The molecule has 2 N–H and O–H groups in total. The van der Waals surface area contributed by atoms with Crippen molar-refractivity contribution in [2.75, 3.05) is 13.1 Å². The molecule has 0 unspecified atom stereocenters. The third-order valence-electron chi connectivity index (χ3n) is 7.32. The Kier molecular flexibility index (Phi) is 5.26. The van der Waals surface area contributed by atoms with Gasteiger partial charge in [-0.2, -0.15) is 0 Å². The monoisotopic (exact) mass is 452 g/mol. The predicted molar refractivity (Wildman–Crippen MR) is 137 cm³/mol. The largest absolute Gasteiger partial charge is 0.354 e. The summed E-state index contributed by atoms with van der Waals surface area (Å²) in [7, 11) is 0. The van der Waals surface area contributed by atoms with Gasteiger partial charge in [-0.15, -0.1) is 0 Å². The predicted octanol–water partition coefficient (Wildman–Crippen LogP) is 6.02. The summed E-state index contributed by atoms with van der Waals surface area (Å²) in [6, 6.07) is 11.3. The second kappa shape index (κ2) is 8.44. The zero-order valence-electron chi connectivity index (χ0n) is 20.2. The summed E-state index contributed by atoms with van der Waals surface area (Å²) in [6.07, 6.45) is 10.5. The standard InChI is InChI=1S/C28H32N6/c1-18(2)27-24-14-21(20-8-11-33(12-9-20)17-23-15-30-19(3)31-23)4-6-25(24)32-28(27)22-5-7-26-29-10-13-34(26)16-22/h4-7,10,13-16,18,20,32H,8-9,11-12,17H2,1-3H3,(H,30,31). The number of likely N-dealkylation sites (tertiary alicyclic amines) is 1. The molecule has 0 atom stereocenters. The number of piperidine rings is 1. The van der Waals surface area contributed by atoms with Crippen LogP contribution in [0.15, 0.2) is 55.1 Å². The highest BCUT2D eigenvalue weighted by molar-refractivity contribution is 5.92. The average Bonchev–Trinajstić information content (AvgIpc) is 3.56. The van der Waals surface area contributed by atoms with Crippen molar-refractivity contribution in [2.24, 2.45) is 0 Å². The minimum absolute atomic E-state index is 0.427. The molecular weight excluding hydrogens is 420 g/mol. The fourth-order valence-corrected chi connectivity index (χ4v) is 5.58. The summed E-state index contributed by atoms with van der Waals surface area (Å²) in [5.74, 6) is 2.04. The lowest BCUT2D eigenvalue weighted by molar-refractivity contribution is 0.203. The molecule has 1 aromatic carbocycles. The van der Waals surface area contributed by atoms with Gasteiger partial charge in [0.05, 0.1) is 11.4 Å². The molecule has 6 nitrogen and oxygen atoms in total. The first-order chi connectivity index (χ1) is 16.5. The summed E-state index contributed by atoms with van der Waals surface area (Å²) in [5.41, 5.74) is 8.65. The molecule has 6 rings (SSSR count). The Labute approximate surface area is 200 Å². The Morgan fingerprint density at radius 2 is 1.97 bits per heavy atom.